The van der Waals surface area contributed by atoms with Crippen molar-refractivity contribution in [3.8, 4) is 0 Å². The van der Waals surface area contributed by atoms with Crippen LogP contribution in [0.2, 0.25) is 0 Å². The maximum Gasteiger partial charge on any atom is 0.0659 e. The van der Waals surface area contributed by atoms with Crippen LogP contribution in [0, 0.1) is 0 Å². The first-order chi connectivity index (χ1) is 4.84. The van der Waals surface area contributed by atoms with Crippen molar-refractivity contribution in [2.45, 2.75) is 0 Å². The van der Waals surface area contributed by atoms with Crippen LogP contribution in [-0.4, -0.2) is 5.49 Å². The molecule has 0 aliphatic heterocycles. The molecular formula is C7H6BrNS. The van der Waals surface area contributed by atoms with Crippen LogP contribution >= 0.6 is 28.1 Å². The molecule has 0 atom stereocenters. The van der Waals surface area contributed by atoms with E-state index in [1.54, 1.807) is 0 Å². The van der Waals surface area contributed by atoms with Gasteiger partial charge in [-0.3, -0.25) is 0 Å². The zero-order valence-corrected chi connectivity index (χ0v) is 7.58. The number of para-hydroxylation sites is 1. The van der Waals surface area contributed by atoms with Gasteiger partial charge in [0.15, 0.2) is 0 Å². The molecule has 0 amide bonds. The van der Waals surface area contributed by atoms with Gasteiger partial charge in [-0.15, -0.1) is 0 Å². The third kappa shape index (κ3) is 1.78. The molecule has 0 fully saturated rings. The van der Waals surface area contributed by atoms with Gasteiger partial charge in [0, 0.05) is 4.47 Å². The first-order valence-corrected chi connectivity index (χ1v) is 4.06. The van der Waals surface area contributed by atoms with Crippen LogP contribution in [0.3, 0.4) is 0 Å². The van der Waals surface area contributed by atoms with Crippen molar-refractivity contribution < 1.29 is 0 Å². The van der Waals surface area contributed by atoms with Gasteiger partial charge in [-0.2, -0.15) is 0 Å². The molecule has 3 heteroatoms. The van der Waals surface area contributed by atoms with Gasteiger partial charge in [0.2, 0.25) is 0 Å². The SMILES string of the molecule is S=CNc1ccccc1Br. The topological polar surface area (TPSA) is 12.0 Å². The molecule has 0 heterocycles. The summed E-state index contributed by atoms with van der Waals surface area (Å²) < 4.78 is 1.02. The van der Waals surface area contributed by atoms with E-state index in [9.17, 15) is 0 Å². The monoisotopic (exact) mass is 215 g/mol. The predicted octanol–water partition coefficient (Wildman–Crippen LogP) is 2.82. The Labute approximate surface area is 73.6 Å². The second-order valence-electron chi connectivity index (χ2n) is 1.74. The van der Waals surface area contributed by atoms with Crippen molar-refractivity contribution >= 4 is 39.3 Å². The molecule has 1 rings (SSSR count). The van der Waals surface area contributed by atoms with Crippen LogP contribution in [0.5, 0.6) is 0 Å². The maximum absolute atomic E-state index is 4.64. The number of rotatable bonds is 2. The highest BCUT2D eigenvalue weighted by Gasteiger charge is 1.92. The molecule has 0 unspecified atom stereocenters. The van der Waals surface area contributed by atoms with Crippen molar-refractivity contribution in [1.82, 2.24) is 0 Å². The van der Waals surface area contributed by atoms with Gasteiger partial charge in [-0.1, -0.05) is 24.4 Å². The largest absolute Gasteiger partial charge is 0.352 e. The Kier molecular flexibility index (Phi) is 2.83. The minimum absolute atomic E-state index is 0.998. The van der Waals surface area contributed by atoms with Crippen LogP contribution in [0.25, 0.3) is 0 Å². The fourth-order valence-corrected chi connectivity index (χ4v) is 1.17. The number of benzene rings is 1. The van der Waals surface area contributed by atoms with Gasteiger partial charge in [-0.05, 0) is 28.1 Å². The van der Waals surface area contributed by atoms with E-state index < -0.39 is 0 Å². The fraction of sp³-hybridized carbons (Fsp3) is 0. The molecule has 0 aliphatic rings. The molecule has 1 aromatic rings. The number of hydrogen-bond acceptors (Lipinski definition) is 1. The molecule has 0 radical (unpaired) electrons. The summed E-state index contributed by atoms with van der Waals surface area (Å²) in [6.07, 6.45) is 0. The number of anilines is 1. The van der Waals surface area contributed by atoms with Gasteiger partial charge in [0.05, 0.1) is 11.2 Å². The Morgan fingerprint density at radius 1 is 1.40 bits per heavy atom. The molecule has 0 spiro atoms. The Morgan fingerprint density at radius 3 is 2.70 bits per heavy atom. The maximum atomic E-state index is 4.64. The number of thiocarbonyl (C=S) groups is 1. The number of halogens is 1. The number of nitrogens with one attached hydrogen (secondary N) is 1. The molecule has 0 saturated carbocycles. The lowest BCUT2D eigenvalue weighted by Gasteiger charge is -2.00. The third-order valence-electron chi connectivity index (χ3n) is 1.09. The standard InChI is InChI=1S/C7H6BrNS/c8-6-3-1-2-4-7(6)9-5-10/h1-5H,(H,9,10). The summed E-state index contributed by atoms with van der Waals surface area (Å²) in [5.74, 6) is 0. The van der Waals surface area contributed by atoms with Crippen LogP contribution in [-0.2, 0) is 0 Å². The Bertz CT molecular complexity index is 237. The van der Waals surface area contributed by atoms with Crippen molar-refractivity contribution in [3.63, 3.8) is 0 Å². The van der Waals surface area contributed by atoms with Crippen LogP contribution < -0.4 is 5.32 Å². The van der Waals surface area contributed by atoms with E-state index in [4.69, 9.17) is 0 Å². The second kappa shape index (κ2) is 3.68. The van der Waals surface area contributed by atoms with Crippen molar-refractivity contribution in [3.05, 3.63) is 28.7 Å². The molecule has 0 aromatic heterocycles. The van der Waals surface area contributed by atoms with E-state index in [2.05, 4.69) is 33.5 Å². The normalized spacial score (nSPS) is 8.90. The van der Waals surface area contributed by atoms with E-state index in [0.717, 1.165) is 10.2 Å². The summed E-state index contributed by atoms with van der Waals surface area (Å²) in [4.78, 5) is 0. The molecule has 1 aromatic carbocycles. The van der Waals surface area contributed by atoms with Crippen molar-refractivity contribution in [2.75, 3.05) is 5.32 Å². The summed E-state index contributed by atoms with van der Waals surface area (Å²) in [6, 6.07) is 7.82. The predicted molar refractivity (Wildman–Crippen MR) is 51.4 cm³/mol. The Hall–Kier alpha value is -0.410. The average Bonchev–Trinajstić information content (AvgIpc) is 1.94. The second-order valence-corrected chi connectivity index (χ2v) is 2.83. The lowest BCUT2D eigenvalue weighted by Crippen LogP contribution is -1.91. The van der Waals surface area contributed by atoms with E-state index in [1.807, 2.05) is 24.3 Å². The summed E-state index contributed by atoms with van der Waals surface area (Å²) in [6.45, 7) is 0. The molecule has 0 aliphatic carbocycles. The smallest absolute Gasteiger partial charge is 0.0659 e. The van der Waals surface area contributed by atoms with E-state index in [0.29, 0.717) is 0 Å². The molecule has 52 valence electrons. The summed E-state index contributed by atoms with van der Waals surface area (Å²) in [5, 5.41) is 2.92. The van der Waals surface area contributed by atoms with Gasteiger partial charge in [0.25, 0.3) is 0 Å². The van der Waals surface area contributed by atoms with Crippen LogP contribution in [0.1, 0.15) is 0 Å². The quantitative estimate of drug-likeness (QED) is 0.763. The third-order valence-corrected chi connectivity index (χ3v) is 1.90. The zero-order chi connectivity index (χ0) is 7.40. The van der Waals surface area contributed by atoms with Gasteiger partial charge in [-0.25, -0.2) is 0 Å². The zero-order valence-electron chi connectivity index (χ0n) is 5.17. The Balaban J connectivity index is 2.91. The van der Waals surface area contributed by atoms with E-state index in [1.165, 1.54) is 5.49 Å². The van der Waals surface area contributed by atoms with E-state index in [-0.39, 0.29) is 0 Å². The fourth-order valence-electron chi connectivity index (χ4n) is 0.642. The molecular weight excluding hydrogens is 210 g/mol. The van der Waals surface area contributed by atoms with Gasteiger partial charge < -0.3 is 5.32 Å². The van der Waals surface area contributed by atoms with Gasteiger partial charge in [0.1, 0.15) is 0 Å². The van der Waals surface area contributed by atoms with Crippen molar-refractivity contribution in [1.29, 1.82) is 0 Å². The van der Waals surface area contributed by atoms with Gasteiger partial charge >= 0.3 is 0 Å². The first kappa shape index (κ1) is 7.69. The minimum atomic E-state index is 0.998. The molecule has 10 heavy (non-hydrogen) atoms. The molecule has 1 nitrogen and oxygen atoms in total. The molecule has 0 bridgehead atoms. The van der Waals surface area contributed by atoms with E-state index >= 15 is 0 Å². The summed E-state index contributed by atoms with van der Waals surface area (Å²) in [5.41, 5.74) is 2.48. The number of hydrogen-bond donors (Lipinski definition) is 1. The minimum Gasteiger partial charge on any atom is -0.352 e. The highest BCUT2D eigenvalue weighted by atomic mass is 79.9. The van der Waals surface area contributed by atoms with Crippen molar-refractivity contribution in [2.24, 2.45) is 0 Å². The first-order valence-electron chi connectivity index (χ1n) is 2.79. The average molecular weight is 216 g/mol. The highest BCUT2D eigenvalue weighted by Crippen LogP contribution is 2.20. The lowest BCUT2D eigenvalue weighted by atomic mass is 10.3. The Morgan fingerprint density at radius 2 is 2.10 bits per heavy atom. The summed E-state index contributed by atoms with van der Waals surface area (Å²) in [7, 11) is 0. The molecule has 0 saturated heterocycles. The summed E-state index contributed by atoms with van der Waals surface area (Å²) >= 11 is 8.01. The lowest BCUT2D eigenvalue weighted by molar-refractivity contribution is 1.62. The van der Waals surface area contributed by atoms with Crippen LogP contribution in [0.4, 0.5) is 5.69 Å². The highest BCUT2D eigenvalue weighted by molar-refractivity contribution is 9.10. The van der Waals surface area contributed by atoms with Crippen LogP contribution in [0.15, 0.2) is 28.7 Å². The molecule has 1 N–H and O–H groups in total.